The lowest BCUT2D eigenvalue weighted by Gasteiger charge is -2.14. The Labute approximate surface area is 156 Å². The van der Waals surface area contributed by atoms with E-state index in [4.69, 9.17) is 0 Å². The van der Waals surface area contributed by atoms with E-state index in [0.29, 0.717) is 0 Å². The van der Waals surface area contributed by atoms with Crippen molar-refractivity contribution in [1.29, 1.82) is 0 Å². The Morgan fingerprint density at radius 1 is 0.577 bits per heavy atom. The van der Waals surface area contributed by atoms with Gasteiger partial charge in [-0.25, -0.2) is 0 Å². The molecule has 3 aromatic carbocycles. The van der Waals surface area contributed by atoms with E-state index >= 15 is 0 Å². The fraction of sp³-hybridized carbons (Fsp3) is 0.182. The molecule has 0 heterocycles. The summed E-state index contributed by atoms with van der Waals surface area (Å²) < 4.78 is 0. The highest BCUT2D eigenvalue weighted by Gasteiger charge is 2.01. The molecular weight excluding hydrogens is 320 g/mol. The van der Waals surface area contributed by atoms with Gasteiger partial charge in [0.2, 0.25) is 0 Å². The van der Waals surface area contributed by atoms with Gasteiger partial charge >= 0.3 is 0 Å². The zero-order chi connectivity index (χ0) is 18.5. The van der Waals surface area contributed by atoms with Gasteiger partial charge in [0.15, 0.2) is 0 Å². The smallest absolute Gasteiger partial charge is 0.130 e. The minimum atomic E-state index is 1.07. The molecule has 0 aliphatic carbocycles. The van der Waals surface area contributed by atoms with Crippen molar-refractivity contribution in [2.24, 2.45) is 0 Å². The zero-order valence-electron chi connectivity index (χ0n) is 15.9. The summed E-state index contributed by atoms with van der Waals surface area (Å²) in [5.74, 6) is 0. The Bertz CT molecular complexity index is 747. The van der Waals surface area contributed by atoms with Gasteiger partial charge in [0.1, 0.15) is 5.69 Å². The lowest BCUT2D eigenvalue weighted by Crippen LogP contribution is -3.00. The number of quaternary nitrogens is 1. The molecule has 0 spiro atoms. The molecule has 3 rings (SSSR count). The Hall–Kier alpha value is -2.98. The van der Waals surface area contributed by atoms with E-state index in [9.17, 15) is 0 Å². The highest BCUT2D eigenvalue weighted by molar-refractivity contribution is 5.67. The van der Waals surface area contributed by atoms with Gasteiger partial charge in [0.25, 0.3) is 0 Å². The summed E-state index contributed by atoms with van der Waals surface area (Å²) >= 11 is 0. The summed E-state index contributed by atoms with van der Waals surface area (Å²) in [6, 6.07) is 25.3. The molecule has 0 aliphatic heterocycles. The molecule has 0 unspecified atom stereocenters. The van der Waals surface area contributed by atoms with Gasteiger partial charge in [-0.05, 0) is 60.7 Å². The largest absolute Gasteiger partial charge is 0.378 e. The number of hydrogen-bond donors (Lipinski definition) is 3. The van der Waals surface area contributed by atoms with Gasteiger partial charge in [-0.15, -0.1) is 0 Å². The van der Waals surface area contributed by atoms with E-state index < -0.39 is 0 Å². The Balaban J connectivity index is 1.62. The minimum absolute atomic E-state index is 1.07. The third-order valence-electron chi connectivity index (χ3n) is 4.31. The lowest BCUT2D eigenvalue weighted by molar-refractivity contribution is -0.786. The van der Waals surface area contributed by atoms with E-state index in [1.807, 2.05) is 14.1 Å². The van der Waals surface area contributed by atoms with E-state index in [1.165, 1.54) is 16.3 Å². The first-order chi connectivity index (χ1) is 12.5. The first kappa shape index (κ1) is 17.8. The summed E-state index contributed by atoms with van der Waals surface area (Å²) in [5, 5.41) is 6.87. The van der Waals surface area contributed by atoms with Crippen LogP contribution in [-0.2, 0) is 0 Å². The summed E-state index contributed by atoms with van der Waals surface area (Å²) in [4.78, 5) is 3.42. The highest BCUT2D eigenvalue weighted by atomic mass is 15.1. The van der Waals surface area contributed by atoms with Crippen LogP contribution in [0.5, 0.6) is 0 Å². The van der Waals surface area contributed by atoms with Crippen LogP contribution >= 0.6 is 0 Å². The maximum Gasteiger partial charge on any atom is 0.130 e. The maximum absolute atomic E-state index is 3.44. The predicted octanol–water partition coefficient (Wildman–Crippen LogP) is 4.02. The quantitative estimate of drug-likeness (QED) is 0.630. The second-order valence-electron chi connectivity index (χ2n) is 6.85. The number of nitrogens with zero attached hydrogens (tertiary/aromatic N) is 1. The van der Waals surface area contributed by atoms with E-state index in [1.54, 1.807) is 0 Å². The van der Waals surface area contributed by atoms with Gasteiger partial charge in [-0.1, -0.05) is 0 Å². The molecule has 0 radical (unpaired) electrons. The Kier molecular flexibility index (Phi) is 5.44. The standard InChI is InChI=1S/C22H26N4/c1-25(2)21-13-9-19(10-14-21)23-17-5-7-18(8-6-17)24-20-11-15-22(16-12-20)26(3)4/h5-16,23-24H,1-4H3/p+1. The third-order valence-corrected chi connectivity index (χ3v) is 4.31. The molecule has 0 saturated carbocycles. The monoisotopic (exact) mass is 347 g/mol. The lowest BCUT2D eigenvalue weighted by atomic mass is 10.2. The fourth-order valence-electron chi connectivity index (χ4n) is 2.70. The van der Waals surface area contributed by atoms with Crippen LogP contribution in [0.15, 0.2) is 72.8 Å². The van der Waals surface area contributed by atoms with Crippen molar-refractivity contribution >= 4 is 34.1 Å². The molecule has 134 valence electrons. The average molecular weight is 347 g/mol. The minimum Gasteiger partial charge on any atom is -0.378 e. The second-order valence-corrected chi connectivity index (χ2v) is 6.85. The number of hydrogen-bond acceptors (Lipinski definition) is 3. The van der Waals surface area contributed by atoms with Crippen molar-refractivity contribution < 1.29 is 4.90 Å². The average Bonchev–Trinajstić information content (AvgIpc) is 2.64. The van der Waals surface area contributed by atoms with Crippen LogP contribution in [0.3, 0.4) is 0 Å². The molecule has 4 nitrogen and oxygen atoms in total. The molecule has 0 saturated heterocycles. The molecule has 0 atom stereocenters. The third kappa shape index (κ3) is 4.55. The van der Waals surface area contributed by atoms with Crippen LogP contribution in [0.25, 0.3) is 0 Å². The Morgan fingerprint density at radius 2 is 0.923 bits per heavy atom. The fourth-order valence-corrected chi connectivity index (χ4v) is 2.70. The summed E-state index contributed by atoms with van der Waals surface area (Å²) in [7, 11) is 8.34. The van der Waals surface area contributed by atoms with E-state index in [-0.39, 0.29) is 0 Å². The molecule has 3 aromatic rings. The number of anilines is 5. The predicted molar refractivity (Wildman–Crippen MR) is 113 cm³/mol. The van der Waals surface area contributed by atoms with Crippen LogP contribution in [0, 0.1) is 0 Å². The van der Waals surface area contributed by atoms with Crippen molar-refractivity contribution in [3.63, 3.8) is 0 Å². The summed E-state index contributed by atoms with van der Waals surface area (Å²) in [5.41, 5.74) is 6.78. The Morgan fingerprint density at radius 3 is 1.27 bits per heavy atom. The number of rotatable bonds is 6. The van der Waals surface area contributed by atoms with E-state index in [2.05, 4.69) is 102 Å². The SMILES string of the molecule is CN(C)c1ccc(Nc2ccc(Nc3ccc([NH+](C)C)cc3)cc2)cc1. The normalized spacial score (nSPS) is 10.7. The maximum atomic E-state index is 3.44. The molecule has 0 aliphatic rings. The topological polar surface area (TPSA) is 31.7 Å². The van der Waals surface area contributed by atoms with Crippen molar-refractivity contribution in [2.45, 2.75) is 0 Å². The van der Waals surface area contributed by atoms with Crippen LogP contribution in [0.4, 0.5) is 34.1 Å². The van der Waals surface area contributed by atoms with Gasteiger partial charge < -0.3 is 20.4 Å². The molecular formula is C22H27N4+. The van der Waals surface area contributed by atoms with Gasteiger partial charge in [0, 0.05) is 54.7 Å². The number of nitrogens with one attached hydrogen (secondary N) is 3. The van der Waals surface area contributed by atoms with Gasteiger partial charge in [0.05, 0.1) is 14.1 Å². The molecule has 0 fully saturated rings. The van der Waals surface area contributed by atoms with Crippen molar-refractivity contribution in [2.75, 3.05) is 43.7 Å². The first-order valence-electron chi connectivity index (χ1n) is 8.83. The van der Waals surface area contributed by atoms with Crippen molar-refractivity contribution in [3.05, 3.63) is 72.8 Å². The van der Waals surface area contributed by atoms with Crippen molar-refractivity contribution in [1.82, 2.24) is 0 Å². The first-order valence-corrected chi connectivity index (χ1v) is 8.83. The van der Waals surface area contributed by atoms with Crippen LogP contribution in [-0.4, -0.2) is 28.2 Å². The highest BCUT2D eigenvalue weighted by Crippen LogP contribution is 2.23. The van der Waals surface area contributed by atoms with Gasteiger partial charge in [-0.3, -0.25) is 0 Å². The number of benzene rings is 3. The summed E-state index contributed by atoms with van der Waals surface area (Å²) in [6.45, 7) is 0. The van der Waals surface area contributed by atoms with Crippen LogP contribution in [0.1, 0.15) is 0 Å². The van der Waals surface area contributed by atoms with Gasteiger partial charge in [-0.2, -0.15) is 0 Å². The second kappa shape index (κ2) is 7.93. The van der Waals surface area contributed by atoms with Crippen molar-refractivity contribution in [3.8, 4) is 0 Å². The molecule has 26 heavy (non-hydrogen) atoms. The molecule has 0 bridgehead atoms. The molecule has 4 heteroatoms. The molecule has 3 N–H and O–H groups in total. The van der Waals surface area contributed by atoms with Crippen LogP contribution in [0.2, 0.25) is 0 Å². The molecule has 0 aromatic heterocycles. The summed E-state index contributed by atoms with van der Waals surface area (Å²) in [6.07, 6.45) is 0. The van der Waals surface area contributed by atoms with E-state index in [0.717, 1.165) is 22.7 Å². The zero-order valence-corrected chi connectivity index (χ0v) is 15.9. The molecule has 0 amide bonds. The van der Waals surface area contributed by atoms with Crippen LogP contribution < -0.4 is 20.4 Å².